The van der Waals surface area contributed by atoms with E-state index in [0.717, 1.165) is 31.6 Å². The van der Waals surface area contributed by atoms with Gasteiger partial charge in [0.25, 0.3) is 0 Å². The van der Waals surface area contributed by atoms with E-state index in [4.69, 9.17) is 4.74 Å². The highest BCUT2D eigenvalue weighted by Gasteiger charge is 2.34. The Bertz CT molecular complexity index is 448. The average Bonchev–Trinajstić information content (AvgIpc) is 2.78. The maximum atomic E-state index is 12.7. The van der Waals surface area contributed by atoms with Crippen molar-refractivity contribution in [3.63, 3.8) is 0 Å². The molecule has 0 aliphatic carbocycles. The standard InChI is InChI=1S/C13H16F3NO2/c1-19-10-4-5-17(8-10)7-9-2-3-12(18)11(6-9)13(14,15)16/h2-3,6,10,18H,4-5,7-8H2,1H3. The summed E-state index contributed by atoms with van der Waals surface area (Å²) < 4.78 is 43.2. The third-order valence-corrected chi connectivity index (χ3v) is 3.34. The van der Waals surface area contributed by atoms with Crippen LogP contribution in [0.25, 0.3) is 0 Å². The molecule has 1 aromatic rings. The van der Waals surface area contributed by atoms with Gasteiger partial charge < -0.3 is 9.84 Å². The zero-order valence-corrected chi connectivity index (χ0v) is 10.6. The van der Waals surface area contributed by atoms with Gasteiger partial charge >= 0.3 is 6.18 Å². The number of hydrogen-bond donors (Lipinski definition) is 1. The van der Waals surface area contributed by atoms with Crippen molar-refractivity contribution in [2.75, 3.05) is 20.2 Å². The Morgan fingerprint density at radius 1 is 1.42 bits per heavy atom. The van der Waals surface area contributed by atoms with Crippen LogP contribution < -0.4 is 0 Å². The number of rotatable bonds is 3. The van der Waals surface area contributed by atoms with Crippen molar-refractivity contribution in [3.8, 4) is 5.75 Å². The van der Waals surface area contributed by atoms with Crippen molar-refractivity contribution >= 4 is 0 Å². The Hall–Kier alpha value is -1.27. The molecule has 0 saturated carbocycles. The maximum Gasteiger partial charge on any atom is 0.419 e. The van der Waals surface area contributed by atoms with Crippen LogP contribution in [0.5, 0.6) is 5.75 Å². The van der Waals surface area contributed by atoms with Crippen LogP contribution in [0.2, 0.25) is 0 Å². The van der Waals surface area contributed by atoms with Gasteiger partial charge in [-0.15, -0.1) is 0 Å². The van der Waals surface area contributed by atoms with Gasteiger partial charge in [0.1, 0.15) is 5.75 Å². The van der Waals surface area contributed by atoms with E-state index >= 15 is 0 Å². The van der Waals surface area contributed by atoms with Gasteiger partial charge in [-0.25, -0.2) is 0 Å². The second-order valence-electron chi connectivity index (χ2n) is 4.73. The number of likely N-dealkylation sites (tertiary alicyclic amines) is 1. The minimum atomic E-state index is -4.53. The highest BCUT2D eigenvalue weighted by molar-refractivity contribution is 5.38. The summed E-state index contributed by atoms with van der Waals surface area (Å²) >= 11 is 0. The van der Waals surface area contributed by atoms with E-state index in [1.54, 1.807) is 7.11 Å². The molecule has 1 aromatic carbocycles. The number of phenols is 1. The van der Waals surface area contributed by atoms with Gasteiger partial charge in [0.15, 0.2) is 0 Å². The molecule has 1 atom stereocenters. The van der Waals surface area contributed by atoms with Gasteiger partial charge in [0, 0.05) is 26.7 Å². The van der Waals surface area contributed by atoms with Gasteiger partial charge in [-0.2, -0.15) is 13.2 Å². The lowest BCUT2D eigenvalue weighted by atomic mass is 10.1. The highest BCUT2D eigenvalue weighted by Crippen LogP contribution is 2.36. The number of halogens is 3. The smallest absolute Gasteiger partial charge is 0.419 e. The van der Waals surface area contributed by atoms with Gasteiger partial charge in [0.05, 0.1) is 11.7 Å². The van der Waals surface area contributed by atoms with E-state index in [-0.39, 0.29) is 6.10 Å². The lowest BCUT2D eigenvalue weighted by molar-refractivity contribution is -0.138. The van der Waals surface area contributed by atoms with E-state index in [2.05, 4.69) is 0 Å². The van der Waals surface area contributed by atoms with Crippen molar-refractivity contribution in [1.82, 2.24) is 4.90 Å². The van der Waals surface area contributed by atoms with E-state index in [1.165, 1.54) is 6.07 Å². The summed E-state index contributed by atoms with van der Waals surface area (Å²) in [6, 6.07) is 3.63. The van der Waals surface area contributed by atoms with Crippen LogP contribution in [0.4, 0.5) is 13.2 Å². The van der Waals surface area contributed by atoms with Crippen molar-refractivity contribution in [2.45, 2.75) is 25.2 Å². The van der Waals surface area contributed by atoms with Crippen molar-refractivity contribution in [3.05, 3.63) is 29.3 Å². The predicted octanol–water partition coefficient (Wildman–Crippen LogP) is 2.63. The summed E-state index contributed by atoms with van der Waals surface area (Å²) in [5.41, 5.74) is -0.436. The monoisotopic (exact) mass is 275 g/mol. The van der Waals surface area contributed by atoms with Crippen LogP contribution in [0.1, 0.15) is 17.5 Å². The number of aromatic hydroxyl groups is 1. The molecule has 0 spiro atoms. The van der Waals surface area contributed by atoms with Crippen LogP contribution in [0, 0.1) is 0 Å². The number of methoxy groups -OCH3 is 1. The van der Waals surface area contributed by atoms with Crippen molar-refractivity contribution in [2.24, 2.45) is 0 Å². The number of phenolic OH excluding ortho intramolecular Hbond substituents is 1. The van der Waals surface area contributed by atoms with Gasteiger partial charge in [-0.05, 0) is 24.1 Å². The lowest BCUT2D eigenvalue weighted by Crippen LogP contribution is -2.22. The summed E-state index contributed by atoms with van der Waals surface area (Å²) in [7, 11) is 1.64. The lowest BCUT2D eigenvalue weighted by Gasteiger charge is -2.17. The third-order valence-electron chi connectivity index (χ3n) is 3.34. The van der Waals surface area contributed by atoms with Crippen LogP contribution in [0.15, 0.2) is 18.2 Å². The highest BCUT2D eigenvalue weighted by atomic mass is 19.4. The molecule has 0 radical (unpaired) electrons. The first-order chi connectivity index (χ1) is 8.90. The minimum Gasteiger partial charge on any atom is -0.507 e. The summed E-state index contributed by atoms with van der Waals surface area (Å²) in [4.78, 5) is 2.04. The molecule has 3 nitrogen and oxygen atoms in total. The van der Waals surface area contributed by atoms with E-state index in [0.29, 0.717) is 12.1 Å². The molecule has 1 fully saturated rings. The van der Waals surface area contributed by atoms with Crippen molar-refractivity contribution < 1.29 is 23.0 Å². The fourth-order valence-electron chi connectivity index (χ4n) is 2.30. The molecule has 1 aliphatic heterocycles. The average molecular weight is 275 g/mol. The first kappa shape index (κ1) is 14.1. The zero-order valence-electron chi connectivity index (χ0n) is 10.6. The minimum absolute atomic E-state index is 0.152. The van der Waals surface area contributed by atoms with Crippen LogP contribution >= 0.6 is 0 Å². The fraction of sp³-hybridized carbons (Fsp3) is 0.538. The molecule has 1 N–H and O–H groups in total. The second-order valence-corrected chi connectivity index (χ2v) is 4.73. The number of nitrogens with zero attached hydrogens (tertiary/aromatic N) is 1. The first-order valence-electron chi connectivity index (χ1n) is 6.04. The molecular weight excluding hydrogens is 259 g/mol. The zero-order chi connectivity index (χ0) is 14.0. The largest absolute Gasteiger partial charge is 0.507 e. The number of ether oxygens (including phenoxy) is 1. The molecule has 1 heterocycles. The van der Waals surface area contributed by atoms with Crippen LogP contribution in [-0.4, -0.2) is 36.3 Å². The quantitative estimate of drug-likeness (QED) is 0.920. The topological polar surface area (TPSA) is 32.7 Å². The van der Waals surface area contributed by atoms with Gasteiger partial charge in [-0.1, -0.05) is 6.07 Å². The normalized spacial score (nSPS) is 20.9. The molecule has 0 amide bonds. The first-order valence-corrected chi connectivity index (χ1v) is 6.04. The molecule has 0 aromatic heterocycles. The Morgan fingerprint density at radius 3 is 2.74 bits per heavy atom. The molecule has 1 unspecified atom stereocenters. The van der Waals surface area contributed by atoms with E-state index in [9.17, 15) is 18.3 Å². The molecule has 106 valence electrons. The van der Waals surface area contributed by atoms with Crippen molar-refractivity contribution in [1.29, 1.82) is 0 Å². The fourth-order valence-corrected chi connectivity index (χ4v) is 2.30. The summed E-state index contributed by atoms with van der Waals surface area (Å²) in [5.74, 6) is -0.729. The maximum absolute atomic E-state index is 12.7. The molecule has 2 rings (SSSR count). The predicted molar refractivity (Wildman–Crippen MR) is 63.8 cm³/mol. The molecule has 19 heavy (non-hydrogen) atoms. The van der Waals surface area contributed by atoms with E-state index < -0.39 is 17.5 Å². The van der Waals surface area contributed by atoms with Gasteiger partial charge in [0.2, 0.25) is 0 Å². The Morgan fingerprint density at radius 2 is 2.16 bits per heavy atom. The third kappa shape index (κ3) is 3.39. The summed E-state index contributed by atoms with van der Waals surface area (Å²) in [6.45, 7) is 1.96. The Kier molecular flexibility index (Phi) is 4.01. The number of hydrogen-bond acceptors (Lipinski definition) is 3. The Labute approximate surface area is 109 Å². The molecule has 1 saturated heterocycles. The summed E-state index contributed by atoms with van der Waals surface area (Å²) in [5, 5.41) is 9.26. The molecular formula is C13H16F3NO2. The second kappa shape index (κ2) is 5.38. The number of alkyl halides is 3. The SMILES string of the molecule is COC1CCN(Cc2ccc(O)c(C(F)(F)F)c2)C1. The van der Waals surface area contributed by atoms with Gasteiger partial charge in [-0.3, -0.25) is 4.90 Å². The molecule has 6 heteroatoms. The van der Waals surface area contributed by atoms with Crippen LogP contribution in [0.3, 0.4) is 0 Å². The summed E-state index contributed by atoms with van der Waals surface area (Å²) in [6.07, 6.45) is -3.49. The number of benzene rings is 1. The molecule has 1 aliphatic rings. The molecule has 0 bridgehead atoms. The van der Waals surface area contributed by atoms with Crippen LogP contribution in [-0.2, 0) is 17.5 Å². The Balaban J connectivity index is 2.10. The van der Waals surface area contributed by atoms with E-state index in [1.807, 2.05) is 4.90 Å².